The molecule has 5 nitrogen and oxygen atoms in total. The molecular formula is C18H22FN3O2. The number of hydrogen-bond acceptors (Lipinski definition) is 3. The van der Waals surface area contributed by atoms with Gasteiger partial charge < -0.3 is 10.0 Å². The summed E-state index contributed by atoms with van der Waals surface area (Å²) >= 11 is 0. The number of aryl methyl sites for hydroxylation is 2. The molecule has 1 aromatic carbocycles. The molecule has 1 N–H and O–H groups in total. The molecule has 1 saturated heterocycles. The maximum Gasteiger partial charge on any atom is 0.227 e. The third-order valence-corrected chi connectivity index (χ3v) is 4.82. The van der Waals surface area contributed by atoms with Crippen LogP contribution in [0, 0.1) is 19.7 Å². The first-order chi connectivity index (χ1) is 11.4. The van der Waals surface area contributed by atoms with Gasteiger partial charge in [-0.3, -0.25) is 9.48 Å². The number of carbonyl (C=O) groups is 1. The minimum Gasteiger partial charge on any atom is -0.391 e. The summed E-state index contributed by atoms with van der Waals surface area (Å²) in [6.07, 6.45) is 0.0860. The number of halogens is 1. The van der Waals surface area contributed by atoms with Crippen molar-refractivity contribution < 1.29 is 14.3 Å². The Kier molecular flexibility index (Phi) is 4.41. The van der Waals surface area contributed by atoms with E-state index in [1.54, 1.807) is 21.7 Å². The van der Waals surface area contributed by atoms with E-state index in [0.717, 1.165) is 22.5 Å². The predicted octanol–water partition coefficient (Wildman–Crippen LogP) is 2.05. The third kappa shape index (κ3) is 3.06. The summed E-state index contributed by atoms with van der Waals surface area (Å²) in [5.74, 6) is -0.403. The summed E-state index contributed by atoms with van der Waals surface area (Å²) < 4.78 is 15.3. The molecule has 1 aliphatic heterocycles. The van der Waals surface area contributed by atoms with Crippen LogP contribution in [0.15, 0.2) is 24.3 Å². The number of carbonyl (C=O) groups excluding carboxylic acids is 1. The molecule has 2 atom stereocenters. The molecule has 1 aliphatic rings. The van der Waals surface area contributed by atoms with Gasteiger partial charge in [0.05, 0.1) is 24.3 Å². The monoisotopic (exact) mass is 331 g/mol. The fourth-order valence-electron chi connectivity index (χ4n) is 3.45. The molecule has 2 heterocycles. The fraction of sp³-hybridized carbons (Fsp3) is 0.444. The minimum atomic E-state index is -0.585. The van der Waals surface area contributed by atoms with E-state index in [-0.39, 0.29) is 30.7 Å². The highest BCUT2D eigenvalue weighted by Crippen LogP contribution is 2.33. The van der Waals surface area contributed by atoms with Crippen molar-refractivity contribution in [2.24, 2.45) is 7.05 Å². The molecular weight excluding hydrogens is 309 g/mol. The zero-order valence-electron chi connectivity index (χ0n) is 14.2. The first kappa shape index (κ1) is 16.6. The zero-order chi connectivity index (χ0) is 17.4. The summed E-state index contributed by atoms with van der Waals surface area (Å²) in [7, 11) is 1.85. The molecule has 24 heavy (non-hydrogen) atoms. The predicted molar refractivity (Wildman–Crippen MR) is 87.9 cm³/mol. The lowest BCUT2D eigenvalue weighted by molar-refractivity contribution is -0.131. The molecule has 3 rings (SSSR count). The van der Waals surface area contributed by atoms with Crippen LogP contribution in [0.1, 0.15) is 35.0 Å². The second-order valence-corrected chi connectivity index (χ2v) is 6.46. The van der Waals surface area contributed by atoms with Crippen LogP contribution in [-0.4, -0.2) is 38.3 Å². The van der Waals surface area contributed by atoms with Gasteiger partial charge in [-0.2, -0.15) is 5.10 Å². The van der Waals surface area contributed by atoms with Gasteiger partial charge in [0.2, 0.25) is 5.91 Å². The number of aliphatic hydroxyl groups excluding tert-OH is 1. The van der Waals surface area contributed by atoms with Crippen molar-refractivity contribution in [2.45, 2.75) is 38.8 Å². The topological polar surface area (TPSA) is 58.4 Å². The summed E-state index contributed by atoms with van der Waals surface area (Å²) in [6, 6.07) is 5.95. The number of amides is 1. The Morgan fingerprint density at radius 1 is 1.42 bits per heavy atom. The van der Waals surface area contributed by atoms with Crippen molar-refractivity contribution >= 4 is 5.91 Å². The smallest absolute Gasteiger partial charge is 0.227 e. The lowest BCUT2D eigenvalue weighted by Crippen LogP contribution is -2.33. The summed E-state index contributed by atoms with van der Waals surface area (Å²) in [5.41, 5.74) is 3.44. The molecule has 2 aromatic rings. The average Bonchev–Trinajstić information content (AvgIpc) is 3.03. The number of benzene rings is 1. The van der Waals surface area contributed by atoms with Crippen LogP contribution in [0.2, 0.25) is 0 Å². The second kappa shape index (κ2) is 6.36. The molecule has 0 radical (unpaired) electrons. The van der Waals surface area contributed by atoms with Gasteiger partial charge in [0.15, 0.2) is 0 Å². The summed E-state index contributed by atoms with van der Waals surface area (Å²) in [4.78, 5) is 14.5. The summed E-state index contributed by atoms with van der Waals surface area (Å²) in [6.45, 7) is 4.10. The molecule has 128 valence electrons. The standard InChI is InChI=1S/C18H22FN3O2/c1-11-16(12(2)21(3)20-11)9-18(24)22-10-15(23)8-17(22)13-5-4-6-14(19)7-13/h4-7,15,17,23H,8-10H2,1-3H3/t15-,17+/m0/s1. The molecule has 0 saturated carbocycles. The second-order valence-electron chi connectivity index (χ2n) is 6.46. The van der Waals surface area contributed by atoms with Crippen LogP contribution >= 0.6 is 0 Å². The largest absolute Gasteiger partial charge is 0.391 e. The number of nitrogens with zero attached hydrogens (tertiary/aromatic N) is 3. The molecule has 0 bridgehead atoms. The fourth-order valence-corrected chi connectivity index (χ4v) is 3.45. The Morgan fingerprint density at radius 3 is 2.79 bits per heavy atom. The number of aromatic nitrogens is 2. The zero-order valence-corrected chi connectivity index (χ0v) is 14.2. The van der Waals surface area contributed by atoms with E-state index in [1.165, 1.54) is 12.1 Å². The van der Waals surface area contributed by atoms with Crippen LogP contribution < -0.4 is 0 Å². The Balaban J connectivity index is 1.84. The highest BCUT2D eigenvalue weighted by atomic mass is 19.1. The van der Waals surface area contributed by atoms with Crippen LogP contribution in [0.3, 0.4) is 0 Å². The van der Waals surface area contributed by atoms with E-state index >= 15 is 0 Å². The minimum absolute atomic E-state index is 0.0694. The summed E-state index contributed by atoms with van der Waals surface area (Å²) in [5, 5.41) is 14.4. The highest BCUT2D eigenvalue weighted by molar-refractivity contribution is 5.80. The molecule has 0 spiro atoms. The highest BCUT2D eigenvalue weighted by Gasteiger charge is 2.35. The number of likely N-dealkylation sites (tertiary alicyclic amines) is 1. The van der Waals surface area contributed by atoms with E-state index in [2.05, 4.69) is 5.10 Å². The van der Waals surface area contributed by atoms with Gasteiger partial charge in [0, 0.05) is 24.8 Å². The molecule has 0 unspecified atom stereocenters. The van der Waals surface area contributed by atoms with Crippen LogP contribution in [0.4, 0.5) is 4.39 Å². The van der Waals surface area contributed by atoms with Crippen molar-refractivity contribution in [1.29, 1.82) is 0 Å². The van der Waals surface area contributed by atoms with Crippen molar-refractivity contribution in [3.05, 3.63) is 52.6 Å². The molecule has 1 fully saturated rings. The molecule has 1 aromatic heterocycles. The number of β-amino-alcohol motifs (C(OH)–C–C–N with tert-alkyl or cyclic N) is 1. The normalized spacial score (nSPS) is 20.6. The van der Waals surface area contributed by atoms with E-state index in [9.17, 15) is 14.3 Å². The van der Waals surface area contributed by atoms with E-state index in [0.29, 0.717) is 6.42 Å². The Labute approximate surface area is 140 Å². The lowest BCUT2D eigenvalue weighted by atomic mass is 10.0. The maximum atomic E-state index is 13.5. The maximum absolute atomic E-state index is 13.5. The van der Waals surface area contributed by atoms with Crippen LogP contribution in [0.5, 0.6) is 0 Å². The van der Waals surface area contributed by atoms with Gasteiger partial charge in [-0.05, 0) is 38.0 Å². The van der Waals surface area contributed by atoms with Gasteiger partial charge in [-0.1, -0.05) is 12.1 Å². The Bertz CT molecular complexity index is 772. The van der Waals surface area contributed by atoms with E-state index < -0.39 is 6.10 Å². The quantitative estimate of drug-likeness (QED) is 0.936. The van der Waals surface area contributed by atoms with Crippen LogP contribution in [-0.2, 0) is 18.3 Å². The molecule has 1 amide bonds. The average molecular weight is 331 g/mol. The van der Waals surface area contributed by atoms with Crippen molar-refractivity contribution in [1.82, 2.24) is 14.7 Å². The van der Waals surface area contributed by atoms with Gasteiger partial charge in [0.25, 0.3) is 0 Å². The van der Waals surface area contributed by atoms with Crippen molar-refractivity contribution in [3.63, 3.8) is 0 Å². The SMILES string of the molecule is Cc1nn(C)c(C)c1CC(=O)N1C[C@@H](O)C[C@@H]1c1cccc(F)c1. The van der Waals surface area contributed by atoms with E-state index in [1.807, 2.05) is 20.9 Å². The Morgan fingerprint density at radius 2 is 2.17 bits per heavy atom. The van der Waals surface area contributed by atoms with Crippen LogP contribution in [0.25, 0.3) is 0 Å². The van der Waals surface area contributed by atoms with E-state index in [4.69, 9.17) is 0 Å². The molecule has 6 heteroatoms. The van der Waals surface area contributed by atoms with Gasteiger partial charge in [-0.15, -0.1) is 0 Å². The first-order valence-corrected chi connectivity index (χ1v) is 8.09. The lowest BCUT2D eigenvalue weighted by Gasteiger charge is -2.25. The number of hydrogen-bond donors (Lipinski definition) is 1. The Hall–Kier alpha value is -2.21. The number of rotatable bonds is 3. The van der Waals surface area contributed by atoms with Gasteiger partial charge in [-0.25, -0.2) is 4.39 Å². The van der Waals surface area contributed by atoms with Gasteiger partial charge in [0.1, 0.15) is 5.82 Å². The first-order valence-electron chi connectivity index (χ1n) is 8.09. The van der Waals surface area contributed by atoms with Crippen molar-refractivity contribution in [2.75, 3.05) is 6.54 Å². The van der Waals surface area contributed by atoms with Gasteiger partial charge >= 0.3 is 0 Å². The van der Waals surface area contributed by atoms with Crippen molar-refractivity contribution in [3.8, 4) is 0 Å². The number of aliphatic hydroxyl groups is 1. The third-order valence-electron chi connectivity index (χ3n) is 4.82. The molecule has 0 aliphatic carbocycles.